The standard InChI is InChI=1S/C12H16N4O2S/c1-7(2)11-15-10(18-16-11)5-4-9(17)14-12-13-8(3)6-19-12/h6-7H,4-5H2,1-3H3,(H,13,14,17). The molecule has 0 spiro atoms. The van der Waals surface area contributed by atoms with E-state index in [1.165, 1.54) is 11.3 Å². The van der Waals surface area contributed by atoms with E-state index in [0.29, 0.717) is 29.7 Å². The van der Waals surface area contributed by atoms with Gasteiger partial charge in [-0.2, -0.15) is 4.98 Å². The average Bonchev–Trinajstić information content (AvgIpc) is 2.96. The van der Waals surface area contributed by atoms with E-state index in [4.69, 9.17) is 4.52 Å². The first-order valence-electron chi connectivity index (χ1n) is 6.09. The van der Waals surface area contributed by atoms with Crippen LogP contribution in [-0.4, -0.2) is 21.0 Å². The number of amides is 1. The van der Waals surface area contributed by atoms with Crippen LogP contribution in [0.1, 0.15) is 43.6 Å². The van der Waals surface area contributed by atoms with Crippen LogP contribution in [0.15, 0.2) is 9.90 Å². The van der Waals surface area contributed by atoms with Gasteiger partial charge in [0.2, 0.25) is 11.8 Å². The molecule has 0 fully saturated rings. The Bertz CT molecular complexity index is 562. The predicted octanol–water partition coefficient (Wildman–Crippen LogP) is 2.53. The second-order valence-electron chi connectivity index (χ2n) is 4.54. The fourth-order valence-corrected chi connectivity index (χ4v) is 2.12. The van der Waals surface area contributed by atoms with E-state index in [-0.39, 0.29) is 11.8 Å². The van der Waals surface area contributed by atoms with E-state index < -0.39 is 0 Å². The first kappa shape index (κ1) is 13.7. The Balaban J connectivity index is 1.82. The number of hydrogen-bond acceptors (Lipinski definition) is 6. The highest BCUT2D eigenvalue weighted by molar-refractivity contribution is 7.13. The summed E-state index contributed by atoms with van der Waals surface area (Å²) >= 11 is 1.41. The molecule has 0 bridgehead atoms. The number of anilines is 1. The third-order valence-electron chi connectivity index (χ3n) is 2.43. The van der Waals surface area contributed by atoms with Crippen molar-refractivity contribution in [3.63, 3.8) is 0 Å². The lowest BCUT2D eigenvalue weighted by Crippen LogP contribution is -2.12. The Morgan fingerprint density at radius 3 is 2.84 bits per heavy atom. The van der Waals surface area contributed by atoms with Crippen LogP contribution in [0.3, 0.4) is 0 Å². The average molecular weight is 280 g/mol. The van der Waals surface area contributed by atoms with E-state index in [1.54, 1.807) is 0 Å². The predicted molar refractivity (Wildman–Crippen MR) is 72.2 cm³/mol. The van der Waals surface area contributed by atoms with Crippen LogP contribution in [0.5, 0.6) is 0 Å². The van der Waals surface area contributed by atoms with Gasteiger partial charge in [-0.3, -0.25) is 4.79 Å². The molecule has 0 unspecified atom stereocenters. The number of nitrogens with zero attached hydrogens (tertiary/aromatic N) is 3. The first-order valence-corrected chi connectivity index (χ1v) is 6.97. The van der Waals surface area contributed by atoms with Gasteiger partial charge in [0.05, 0.1) is 5.69 Å². The van der Waals surface area contributed by atoms with E-state index in [0.717, 1.165) is 5.69 Å². The molecule has 0 aliphatic heterocycles. The van der Waals surface area contributed by atoms with Crippen LogP contribution in [0.2, 0.25) is 0 Å². The lowest BCUT2D eigenvalue weighted by molar-refractivity contribution is -0.116. The van der Waals surface area contributed by atoms with Crippen molar-refractivity contribution in [1.29, 1.82) is 0 Å². The summed E-state index contributed by atoms with van der Waals surface area (Å²) in [6.45, 7) is 5.87. The molecule has 0 saturated heterocycles. The lowest BCUT2D eigenvalue weighted by Gasteiger charge is -1.98. The molecule has 0 aromatic carbocycles. The number of nitrogens with one attached hydrogen (secondary N) is 1. The van der Waals surface area contributed by atoms with Gasteiger partial charge in [-0.15, -0.1) is 11.3 Å². The van der Waals surface area contributed by atoms with Crippen molar-refractivity contribution in [3.8, 4) is 0 Å². The van der Waals surface area contributed by atoms with Crippen LogP contribution in [0, 0.1) is 6.92 Å². The van der Waals surface area contributed by atoms with E-state index in [2.05, 4.69) is 20.4 Å². The number of carbonyl (C=O) groups is 1. The summed E-state index contributed by atoms with van der Waals surface area (Å²) in [6, 6.07) is 0. The van der Waals surface area contributed by atoms with Crippen molar-refractivity contribution in [2.45, 2.75) is 39.5 Å². The van der Waals surface area contributed by atoms with Gasteiger partial charge in [-0.25, -0.2) is 4.98 Å². The summed E-state index contributed by atoms with van der Waals surface area (Å²) < 4.78 is 5.08. The second kappa shape index (κ2) is 5.92. The van der Waals surface area contributed by atoms with Gasteiger partial charge in [0.15, 0.2) is 11.0 Å². The van der Waals surface area contributed by atoms with Crippen LogP contribution in [0.25, 0.3) is 0 Å². The summed E-state index contributed by atoms with van der Waals surface area (Å²) in [5.41, 5.74) is 0.902. The molecule has 2 aromatic rings. The largest absolute Gasteiger partial charge is 0.339 e. The Morgan fingerprint density at radius 2 is 2.26 bits per heavy atom. The maximum Gasteiger partial charge on any atom is 0.227 e. The normalized spacial score (nSPS) is 10.9. The molecule has 0 radical (unpaired) electrons. The minimum Gasteiger partial charge on any atom is -0.339 e. The Kier molecular flexibility index (Phi) is 4.26. The van der Waals surface area contributed by atoms with Crippen molar-refractivity contribution >= 4 is 22.4 Å². The van der Waals surface area contributed by atoms with Crippen molar-refractivity contribution in [2.24, 2.45) is 0 Å². The first-order chi connectivity index (χ1) is 9.04. The molecule has 1 amide bonds. The van der Waals surface area contributed by atoms with Crippen molar-refractivity contribution in [1.82, 2.24) is 15.1 Å². The van der Waals surface area contributed by atoms with Crippen LogP contribution in [0.4, 0.5) is 5.13 Å². The number of thiazole rings is 1. The summed E-state index contributed by atoms with van der Waals surface area (Å²) in [5.74, 6) is 1.29. The third kappa shape index (κ3) is 3.85. The van der Waals surface area contributed by atoms with Crippen LogP contribution < -0.4 is 5.32 Å². The van der Waals surface area contributed by atoms with Gasteiger partial charge < -0.3 is 9.84 Å². The highest BCUT2D eigenvalue weighted by Gasteiger charge is 2.12. The minimum absolute atomic E-state index is 0.0985. The lowest BCUT2D eigenvalue weighted by atomic mass is 10.2. The molecular formula is C12H16N4O2S. The molecular weight excluding hydrogens is 264 g/mol. The summed E-state index contributed by atoms with van der Waals surface area (Å²) in [7, 11) is 0. The SMILES string of the molecule is Cc1csc(NC(=O)CCc2nc(C(C)C)no2)n1. The molecule has 2 rings (SSSR count). The number of aromatic nitrogens is 3. The Morgan fingerprint density at radius 1 is 1.47 bits per heavy atom. The van der Waals surface area contributed by atoms with Crippen LogP contribution >= 0.6 is 11.3 Å². The van der Waals surface area contributed by atoms with Gasteiger partial charge in [-0.05, 0) is 6.92 Å². The topological polar surface area (TPSA) is 80.9 Å². The summed E-state index contributed by atoms with van der Waals surface area (Å²) in [6.07, 6.45) is 0.744. The third-order valence-corrected chi connectivity index (χ3v) is 3.31. The fraction of sp³-hybridized carbons (Fsp3) is 0.500. The quantitative estimate of drug-likeness (QED) is 0.910. The van der Waals surface area contributed by atoms with Gasteiger partial charge in [0.1, 0.15) is 0 Å². The van der Waals surface area contributed by atoms with Crippen molar-refractivity contribution in [2.75, 3.05) is 5.32 Å². The zero-order chi connectivity index (χ0) is 13.8. The van der Waals surface area contributed by atoms with Crippen molar-refractivity contribution in [3.05, 3.63) is 22.8 Å². The number of rotatable bonds is 5. The zero-order valence-electron chi connectivity index (χ0n) is 11.1. The maximum absolute atomic E-state index is 11.7. The molecule has 0 atom stereocenters. The maximum atomic E-state index is 11.7. The molecule has 0 aliphatic carbocycles. The van der Waals surface area contributed by atoms with Crippen molar-refractivity contribution < 1.29 is 9.32 Å². The highest BCUT2D eigenvalue weighted by atomic mass is 32.1. The minimum atomic E-state index is -0.0985. The molecule has 2 aromatic heterocycles. The van der Waals surface area contributed by atoms with Gasteiger partial charge in [0, 0.05) is 24.1 Å². The van der Waals surface area contributed by atoms with E-state index in [1.807, 2.05) is 26.2 Å². The Hall–Kier alpha value is -1.76. The zero-order valence-corrected chi connectivity index (χ0v) is 12.0. The smallest absolute Gasteiger partial charge is 0.227 e. The molecule has 0 aliphatic rings. The van der Waals surface area contributed by atoms with Gasteiger partial charge in [0.25, 0.3) is 0 Å². The summed E-state index contributed by atoms with van der Waals surface area (Å²) in [5, 5.41) is 9.11. The number of hydrogen-bond donors (Lipinski definition) is 1. The van der Waals surface area contributed by atoms with Gasteiger partial charge in [-0.1, -0.05) is 19.0 Å². The van der Waals surface area contributed by atoms with Crippen LogP contribution in [-0.2, 0) is 11.2 Å². The molecule has 7 heteroatoms. The fourth-order valence-electron chi connectivity index (χ4n) is 1.42. The number of aryl methyl sites for hydroxylation is 2. The molecule has 19 heavy (non-hydrogen) atoms. The molecule has 2 heterocycles. The van der Waals surface area contributed by atoms with E-state index in [9.17, 15) is 4.79 Å². The molecule has 6 nitrogen and oxygen atoms in total. The number of carbonyl (C=O) groups excluding carboxylic acids is 1. The summed E-state index contributed by atoms with van der Waals surface area (Å²) in [4.78, 5) is 20.1. The monoisotopic (exact) mass is 280 g/mol. The van der Waals surface area contributed by atoms with Gasteiger partial charge >= 0.3 is 0 Å². The highest BCUT2D eigenvalue weighted by Crippen LogP contribution is 2.15. The van der Waals surface area contributed by atoms with E-state index >= 15 is 0 Å². The second-order valence-corrected chi connectivity index (χ2v) is 5.40. The molecule has 1 N–H and O–H groups in total. The molecule has 102 valence electrons. The Labute approximate surface area is 115 Å². The molecule has 0 saturated carbocycles.